The first-order chi connectivity index (χ1) is 17.6. The Balaban J connectivity index is 1.38. The Morgan fingerprint density at radius 3 is 2.72 bits per heavy atom. The third-order valence-corrected chi connectivity index (χ3v) is 7.31. The first-order valence-corrected chi connectivity index (χ1v) is 12.0. The molecule has 0 aliphatic carbocycles. The van der Waals surface area contributed by atoms with Gasteiger partial charge >= 0.3 is 0 Å². The first kappa shape index (κ1) is 20.8. The Morgan fingerprint density at radius 2 is 1.86 bits per heavy atom. The quantitative estimate of drug-likeness (QED) is 0.579. The number of hydrogen-bond acceptors (Lipinski definition) is 7. The fraction of sp³-hybridized carbons (Fsp3) is 0.222. The molecular weight excluding hydrogens is 458 g/mol. The minimum absolute atomic E-state index is 0.104. The van der Waals surface area contributed by atoms with Crippen LogP contribution in [0, 0.1) is 0 Å². The molecule has 9 nitrogen and oxygen atoms in total. The molecule has 7 rings (SSSR count). The normalized spacial score (nSPS) is 20.8. The van der Waals surface area contributed by atoms with Crippen molar-refractivity contribution in [2.75, 3.05) is 18.0 Å². The molecule has 0 radical (unpaired) electrons. The number of pyridine rings is 1. The average molecular weight is 479 g/mol. The lowest BCUT2D eigenvalue weighted by Crippen LogP contribution is -2.44. The second-order valence-corrected chi connectivity index (χ2v) is 9.31. The van der Waals surface area contributed by atoms with Gasteiger partial charge in [-0.15, -0.1) is 0 Å². The highest BCUT2D eigenvalue weighted by atomic mass is 16.3. The second-order valence-electron chi connectivity index (χ2n) is 9.31. The molecule has 0 saturated carbocycles. The van der Waals surface area contributed by atoms with Crippen molar-refractivity contribution < 1.29 is 18.8 Å². The smallest absolute Gasteiger partial charge is 0.261 e. The molecule has 178 valence electrons. The fourth-order valence-corrected chi connectivity index (χ4v) is 5.70. The second kappa shape index (κ2) is 7.74. The van der Waals surface area contributed by atoms with Gasteiger partial charge in [0.1, 0.15) is 11.6 Å². The molecule has 1 saturated heterocycles. The molecule has 4 aliphatic heterocycles. The van der Waals surface area contributed by atoms with E-state index in [4.69, 9.17) is 4.42 Å². The number of para-hydroxylation sites is 1. The van der Waals surface area contributed by atoms with Crippen LogP contribution in [-0.2, 0) is 20.8 Å². The number of anilines is 1. The maximum atomic E-state index is 13.4. The van der Waals surface area contributed by atoms with E-state index in [1.807, 2.05) is 28.0 Å². The van der Waals surface area contributed by atoms with E-state index in [2.05, 4.69) is 15.3 Å². The van der Waals surface area contributed by atoms with Crippen molar-refractivity contribution in [2.24, 2.45) is 4.99 Å². The molecule has 4 aliphatic rings. The van der Waals surface area contributed by atoms with E-state index >= 15 is 0 Å². The number of hydrogen-bond donors (Lipinski definition) is 1. The van der Waals surface area contributed by atoms with Crippen molar-refractivity contribution in [2.45, 2.75) is 25.3 Å². The van der Waals surface area contributed by atoms with Crippen LogP contribution in [-0.4, -0.2) is 52.4 Å². The Hall–Kier alpha value is -4.53. The molecule has 36 heavy (non-hydrogen) atoms. The number of likely N-dealkylation sites (tertiary alicyclic amines) is 1. The maximum absolute atomic E-state index is 13.4. The zero-order valence-corrected chi connectivity index (χ0v) is 19.2. The van der Waals surface area contributed by atoms with Crippen LogP contribution in [0.3, 0.4) is 0 Å². The van der Waals surface area contributed by atoms with Crippen LogP contribution in [0.4, 0.5) is 5.69 Å². The van der Waals surface area contributed by atoms with E-state index in [0.717, 1.165) is 42.6 Å². The van der Waals surface area contributed by atoms with Gasteiger partial charge in [0.15, 0.2) is 0 Å². The van der Waals surface area contributed by atoms with Crippen LogP contribution < -0.4 is 10.2 Å². The van der Waals surface area contributed by atoms with Crippen LogP contribution in [0.15, 0.2) is 70.3 Å². The molecule has 1 atom stereocenters. The molecule has 0 bridgehead atoms. The molecule has 2 aromatic heterocycles. The van der Waals surface area contributed by atoms with Crippen LogP contribution in [0.25, 0.3) is 16.5 Å². The minimum atomic E-state index is -0.528. The van der Waals surface area contributed by atoms with Gasteiger partial charge < -0.3 is 14.2 Å². The third-order valence-electron chi connectivity index (χ3n) is 7.31. The minimum Gasteiger partial charge on any atom is -0.464 e. The van der Waals surface area contributed by atoms with Gasteiger partial charge in [-0.2, -0.15) is 0 Å². The number of carbonyl (C=O) groups is 3. The van der Waals surface area contributed by atoms with Gasteiger partial charge in [0.2, 0.25) is 5.91 Å². The van der Waals surface area contributed by atoms with Crippen molar-refractivity contribution in [3.63, 3.8) is 0 Å². The van der Waals surface area contributed by atoms with Crippen LogP contribution in [0.2, 0.25) is 0 Å². The number of rotatable bonds is 3. The van der Waals surface area contributed by atoms with Crippen molar-refractivity contribution in [1.29, 1.82) is 0 Å². The number of nitrogens with one attached hydrogen (secondary N) is 1. The number of fused-ring (bicyclic) bond motifs is 1. The predicted octanol–water partition coefficient (Wildman–Crippen LogP) is 2.57. The van der Waals surface area contributed by atoms with Crippen molar-refractivity contribution in [3.05, 3.63) is 77.6 Å². The topological polar surface area (TPSA) is 108 Å². The Labute approximate surface area is 205 Å². The molecule has 0 spiro atoms. The van der Waals surface area contributed by atoms with Crippen molar-refractivity contribution in [3.8, 4) is 0 Å². The van der Waals surface area contributed by atoms with Crippen molar-refractivity contribution in [1.82, 2.24) is 15.2 Å². The molecule has 9 heteroatoms. The molecule has 1 unspecified atom stereocenters. The summed E-state index contributed by atoms with van der Waals surface area (Å²) in [6.45, 7) is 1.56. The van der Waals surface area contributed by atoms with E-state index in [1.54, 1.807) is 24.7 Å². The van der Waals surface area contributed by atoms with E-state index < -0.39 is 11.8 Å². The molecule has 3 aromatic rings. The number of amides is 3. The molecule has 1 fully saturated rings. The lowest BCUT2D eigenvalue weighted by Gasteiger charge is -2.27. The van der Waals surface area contributed by atoms with E-state index in [0.29, 0.717) is 28.8 Å². The SMILES string of the molecule is O=C1NC(=O)C(c2cncc3ccoc23)=C1C1=NC=CN2c3c(cccc31)CC2C(=O)N1CCCC1. The summed E-state index contributed by atoms with van der Waals surface area (Å²) in [6.07, 6.45) is 10.7. The summed E-state index contributed by atoms with van der Waals surface area (Å²) < 4.78 is 5.64. The standard InChI is InChI=1S/C27H21N5O4/c33-25-20(18-14-28-13-16-6-11-36-24(16)18)21(26(34)30-25)22-17-5-3-4-15-12-19(27(35)31-8-1-2-9-31)32(23(15)17)10-7-29-22/h3-7,10-11,13-14,19H,1-2,8-9,12H2,(H,30,33,34). The van der Waals surface area contributed by atoms with Crippen LogP contribution in [0.5, 0.6) is 0 Å². The number of aromatic nitrogens is 1. The maximum Gasteiger partial charge on any atom is 0.261 e. The van der Waals surface area contributed by atoms with Gasteiger partial charge in [-0.1, -0.05) is 18.2 Å². The molecule has 3 amide bonds. The molecule has 6 heterocycles. The van der Waals surface area contributed by atoms with Crippen LogP contribution >= 0.6 is 0 Å². The predicted molar refractivity (Wildman–Crippen MR) is 132 cm³/mol. The monoisotopic (exact) mass is 479 g/mol. The number of benzene rings is 1. The van der Waals surface area contributed by atoms with E-state index in [1.165, 1.54) is 12.5 Å². The summed E-state index contributed by atoms with van der Waals surface area (Å²) in [5.74, 6) is -0.949. The Morgan fingerprint density at radius 1 is 1.03 bits per heavy atom. The van der Waals surface area contributed by atoms with Gasteiger partial charge in [0.25, 0.3) is 11.8 Å². The summed E-state index contributed by atoms with van der Waals surface area (Å²) in [7, 11) is 0. The van der Waals surface area contributed by atoms with Gasteiger partial charge in [-0.3, -0.25) is 29.7 Å². The number of furan rings is 1. The lowest BCUT2D eigenvalue weighted by atomic mass is 9.93. The number of nitrogens with zero attached hydrogens (tertiary/aromatic N) is 4. The van der Waals surface area contributed by atoms with Gasteiger partial charge in [-0.25, -0.2) is 0 Å². The number of aliphatic imine (C=N–C) groups is 1. The van der Waals surface area contributed by atoms with Crippen LogP contribution in [0.1, 0.15) is 29.5 Å². The first-order valence-electron chi connectivity index (χ1n) is 12.0. The van der Waals surface area contributed by atoms with Gasteiger partial charge in [-0.05, 0) is 24.5 Å². The average Bonchev–Trinajstić information content (AvgIpc) is 3.66. The van der Waals surface area contributed by atoms with E-state index in [9.17, 15) is 14.4 Å². The Kier molecular flexibility index (Phi) is 4.47. The Bertz CT molecular complexity index is 1570. The summed E-state index contributed by atoms with van der Waals surface area (Å²) in [6, 6.07) is 7.18. The fourth-order valence-electron chi connectivity index (χ4n) is 5.70. The largest absolute Gasteiger partial charge is 0.464 e. The van der Waals surface area contributed by atoms with Gasteiger partial charge in [0, 0.05) is 60.8 Å². The summed E-state index contributed by atoms with van der Waals surface area (Å²) in [4.78, 5) is 52.4. The summed E-state index contributed by atoms with van der Waals surface area (Å²) >= 11 is 0. The zero-order valence-electron chi connectivity index (χ0n) is 19.2. The highest BCUT2D eigenvalue weighted by Crippen LogP contribution is 2.41. The summed E-state index contributed by atoms with van der Waals surface area (Å²) in [5, 5.41) is 3.15. The summed E-state index contributed by atoms with van der Waals surface area (Å²) in [5.41, 5.74) is 4.17. The number of carbonyl (C=O) groups excluding carboxylic acids is 3. The van der Waals surface area contributed by atoms with E-state index in [-0.39, 0.29) is 23.1 Å². The number of imide groups is 1. The van der Waals surface area contributed by atoms with Crippen molar-refractivity contribution >= 4 is 45.7 Å². The highest BCUT2D eigenvalue weighted by molar-refractivity contribution is 6.48. The molecular formula is C27H21N5O4. The molecule has 1 aromatic carbocycles. The lowest BCUT2D eigenvalue weighted by molar-refractivity contribution is -0.131. The van der Waals surface area contributed by atoms with Gasteiger partial charge in [0.05, 0.1) is 28.8 Å². The third kappa shape index (κ3) is 2.92. The highest BCUT2D eigenvalue weighted by Gasteiger charge is 2.42. The molecule has 1 N–H and O–H groups in total. The zero-order chi connectivity index (χ0) is 24.4.